The number of rotatable bonds is 6. The van der Waals surface area contributed by atoms with E-state index in [4.69, 9.17) is 4.74 Å². The quantitative estimate of drug-likeness (QED) is 0.301. The van der Waals surface area contributed by atoms with E-state index in [1.54, 1.807) is 36.7 Å². The van der Waals surface area contributed by atoms with Crippen LogP contribution in [0.4, 0.5) is 11.4 Å². The number of Topliss-reactive ketones (excluding diaryl/α,β-unsaturated/α-hetero) is 1. The lowest BCUT2D eigenvalue weighted by atomic mass is 9.95. The summed E-state index contributed by atoms with van der Waals surface area (Å²) in [6, 6.07) is 15.7. The predicted molar refractivity (Wildman–Crippen MR) is 148 cm³/mol. The van der Waals surface area contributed by atoms with Crippen LogP contribution in [0.2, 0.25) is 0 Å². The van der Waals surface area contributed by atoms with Gasteiger partial charge in [-0.1, -0.05) is 6.07 Å². The summed E-state index contributed by atoms with van der Waals surface area (Å²) in [6.07, 6.45) is 3.26. The maximum atomic E-state index is 13.4. The van der Waals surface area contributed by atoms with Crippen LogP contribution in [0.3, 0.4) is 0 Å². The zero-order valence-electron chi connectivity index (χ0n) is 21.9. The minimum absolute atomic E-state index is 0.0368. The summed E-state index contributed by atoms with van der Waals surface area (Å²) in [4.78, 5) is 37.1. The van der Waals surface area contributed by atoms with Gasteiger partial charge in [0.15, 0.2) is 0 Å². The minimum atomic E-state index is -0.815. The molecule has 38 heavy (non-hydrogen) atoms. The van der Waals surface area contributed by atoms with Gasteiger partial charge in [-0.15, -0.1) is 0 Å². The number of carbonyl (C=O) groups excluding carboxylic acids is 2. The lowest BCUT2D eigenvalue weighted by Gasteiger charge is -2.34. The van der Waals surface area contributed by atoms with Gasteiger partial charge in [0.05, 0.1) is 18.2 Å². The number of aromatic nitrogens is 1. The van der Waals surface area contributed by atoms with Crippen molar-refractivity contribution in [3.63, 3.8) is 0 Å². The van der Waals surface area contributed by atoms with E-state index in [1.807, 2.05) is 44.2 Å². The fourth-order valence-electron chi connectivity index (χ4n) is 5.11. The Morgan fingerprint density at radius 2 is 1.74 bits per heavy atom. The summed E-state index contributed by atoms with van der Waals surface area (Å²) in [5, 5.41) is 11.4. The topological polar surface area (TPSA) is 86.2 Å². The van der Waals surface area contributed by atoms with Crippen molar-refractivity contribution in [3.8, 4) is 5.75 Å². The number of aliphatic hydroxyl groups excluding tert-OH is 1. The molecule has 0 bridgehead atoms. The molecule has 2 fully saturated rings. The van der Waals surface area contributed by atoms with Crippen LogP contribution < -0.4 is 14.5 Å². The van der Waals surface area contributed by atoms with E-state index in [9.17, 15) is 14.7 Å². The molecular weight excluding hydrogens is 480 g/mol. The number of hydrogen-bond donors (Lipinski definition) is 1. The number of piperazine rings is 1. The molecule has 1 N–H and O–H groups in total. The standard InChI is InChI=1S/C30H32N4O4/c1-4-38-25-12-7-21(18-20(25)2)28(35)26-27(22-6-5-13-31-19-22)34(30(37)29(26)36)24-10-8-23(9-11-24)33-16-14-32(3)15-17-33/h5-13,18-19,27,35H,4,14-17H2,1-3H3/b28-26-. The molecule has 1 amide bonds. The molecule has 0 radical (unpaired) electrons. The van der Waals surface area contributed by atoms with Crippen LogP contribution in [-0.4, -0.2) is 66.5 Å². The summed E-state index contributed by atoms with van der Waals surface area (Å²) in [5.41, 5.74) is 3.60. The van der Waals surface area contributed by atoms with Crippen LogP contribution in [0.5, 0.6) is 5.75 Å². The number of benzene rings is 2. The molecule has 8 heteroatoms. The van der Waals surface area contributed by atoms with E-state index in [0.717, 1.165) is 37.4 Å². The van der Waals surface area contributed by atoms with E-state index >= 15 is 0 Å². The summed E-state index contributed by atoms with van der Waals surface area (Å²) >= 11 is 0. The van der Waals surface area contributed by atoms with E-state index < -0.39 is 17.7 Å². The molecule has 2 aromatic carbocycles. The van der Waals surface area contributed by atoms with Gasteiger partial charge in [0.2, 0.25) is 0 Å². The lowest BCUT2D eigenvalue weighted by Crippen LogP contribution is -2.44. The normalized spacial score (nSPS) is 19.7. The van der Waals surface area contributed by atoms with Crippen LogP contribution in [-0.2, 0) is 9.59 Å². The Hall–Kier alpha value is -4.17. The van der Waals surface area contributed by atoms with Crippen molar-refractivity contribution in [2.45, 2.75) is 19.9 Å². The first-order valence-corrected chi connectivity index (χ1v) is 12.9. The monoisotopic (exact) mass is 512 g/mol. The third kappa shape index (κ3) is 4.75. The molecule has 1 unspecified atom stereocenters. The van der Waals surface area contributed by atoms with Crippen molar-refractivity contribution in [1.29, 1.82) is 0 Å². The van der Waals surface area contributed by atoms with E-state index in [0.29, 0.717) is 29.2 Å². The van der Waals surface area contributed by atoms with Crippen LogP contribution in [0.1, 0.15) is 29.7 Å². The molecule has 196 valence electrons. The molecule has 2 aliphatic rings. The Balaban J connectivity index is 1.55. The summed E-state index contributed by atoms with van der Waals surface area (Å²) in [5.74, 6) is -0.935. The smallest absolute Gasteiger partial charge is 0.300 e. The number of likely N-dealkylation sites (N-methyl/N-ethyl adjacent to an activating group) is 1. The molecule has 3 heterocycles. The van der Waals surface area contributed by atoms with Crippen molar-refractivity contribution < 1.29 is 19.4 Å². The highest BCUT2D eigenvalue weighted by Gasteiger charge is 2.47. The molecule has 0 spiro atoms. The molecule has 2 aliphatic heterocycles. The van der Waals surface area contributed by atoms with Crippen molar-refractivity contribution in [3.05, 3.63) is 89.3 Å². The number of ketones is 1. The first-order valence-electron chi connectivity index (χ1n) is 12.9. The molecular formula is C30H32N4O4. The van der Waals surface area contributed by atoms with Crippen molar-refractivity contribution >= 4 is 28.8 Å². The number of aliphatic hydroxyl groups is 1. The number of ether oxygens (including phenoxy) is 1. The SMILES string of the molecule is CCOc1ccc(/C(O)=C2/C(=O)C(=O)N(c3ccc(N4CCN(C)CC4)cc3)C2c2cccnc2)cc1C. The lowest BCUT2D eigenvalue weighted by molar-refractivity contribution is -0.132. The second-order valence-corrected chi connectivity index (χ2v) is 9.68. The summed E-state index contributed by atoms with van der Waals surface area (Å²) in [7, 11) is 2.12. The van der Waals surface area contributed by atoms with Gasteiger partial charge < -0.3 is 19.6 Å². The Kier molecular flexibility index (Phi) is 7.15. The van der Waals surface area contributed by atoms with Gasteiger partial charge in [-0.05, 0) is 80.6 Å². The molecule has 5 rings (SSSR count). The van der Waals surface area contributed by atoms with Crippen molar-refractivity contribution in [2.24, 2.45) is 0 Å². The fourth-order valence-corrected chi connectivity index (χ4v) is 5.11. The number of hydrogen-bond acceptors (Lipinski definition) is 7. The first-order chi connectivity index (χ1) is 18.4. The van der Waals surface area contributed by atoms with E-state index in [2.05, 4.69) is 21.8 Å². The highest BCUT2D eigenvalue weighted by molar-refractivity contribution is 6.51. The van der Waals surface area contributed by atoms with Gasteiger partial charge >= 0.3 is 0 Å². The number of aryl methyl sites for hydroxylation is 1. The molecule has 3 aromatic rings. The molecule has 2 saturated heterocycles. The van der Waals surface area contributed by atoms with Gasteiger partial charge in [-0.25, -0.2) is 0 Å². The number of amides is 1. The highest BCUT2D eigenvalue weighted by atomic mass is 16.5. The Morgan fingerprint density at radius 3 is 2.37 bits per heavy atom. The second-order valence-electron chi connectivity index (χ2n) is 9.68. The molecule has 8 nitrogen and oxygen atoms in total. The van der Waals surface area contributed by atoms with Gasteiger partial charge in [0.25, 0.3) is 11.7 Å². The summed E-state index contributed by atoms with van der Waals surface area (Å²) in [6.45, 7) is 8.13. The number of anilines is 2. The van der Waals surface area contributed by atoms with Crippen molar-refractivity contribution in [2.75, 3.05) is 49.6 Å². The highest BCUT2D eigenvalue weighted by Crippen LogP contribution is 2.42. The fraction of sp³-hybridized carbons (Fsp3) is 0.300. The molecule has 1 atom stereocenters. The first kappa shape index (κ1) is 25.5. The van der Waals surface area contributed by atoms with Gasteiger partial charge in [0.1, 0.15) is 11.5 Å². The maximum Gasteiger partial charge on any atom is 0.300 e. The zero-order chi connectivity index (χ0) is 26.8. The summed E-state index contributed by atoms with van der Waals surface area (Å²) < 4.78 is 5.62. The Morgan fingerprint density at radius 1 is 1.03 bits per heavy atom. The molecule has 0 saturated carbocycles. The largest absolute Gasteiger partial charge is 0.507 e. The van der Waals surface area contributed by atoms with Crippen LogP contribution in [0.15, 0.2) is 72.6 Å². The van der Waals surface area contributed by atoms with Gasteiger partial charge in [0, 0.05) is 55.5 Å². The number of nitrogens with zero attached hydrogens (tertiary/aromatic N) is 4. The van der Waals surface area contributed by atoms with Gasteiger partial charge in [-0.2, -0.15) is 0 Å². The minimum Gasteiger partial charge on any atom is -0.507 e. The maximum absolute atomic E-state index is 13.4. The average Bonchev–Trinajstić information content (AvgIpc) is 3.20. The molecule has 1 aromatic heterocycles. The number of carbonyl (C=O) groups is 2. The van der Waals surface area contributed by atoms with E-state index in [-0.39, 0.29) is 11.3 Å². The zero-order valence-corrected chi connectivity index (χ0v) is 21.9. The third-order valence-corrected chi connectivity index (χ3v) is 7.19. The Labute approximate surface area is 222 Å². The molecule has 0 aliphatic carbocycles. The van der Waals surface area contributed by atoms with Gasteiger partial charge in [-0.3, -0.25) is 19.5 Å². The van der Waals surface area contributed by atoms with Crippen LogP contribution in [0.25, 0.3) is 5.76 Å². The van der Waals surface area contributed by atoms with Crippen molar-refractivity contribution in [1.82, 2.24) is 9.88 Å². The second kappa shape index (κ2) is 10.7. The number of pyridine rings is 1. The average molecular weight is 513 g/mol. The van der Waals surface area contributed by atoms with Crippen LogP contribution in [0, 0.1) is 6.92 Å². The van der Waals surface area contributed by atoms with Crippen LogP contribution >= 0.6 is 0 Å². The Bertz CT molecular complexity index is 1360. The predicted octanol–water partition coefficient (Wildman–Crippen LogP) is 4.17. The van der Waals surface area contributed by atoms with E-state index in [1.165, 1.54) is 4.90 Å². The third-order valence-electron chi connectivity index (χ3n) is 7.19.